The number of allylic oxidation sites excluding steroid dienone is 3. The molecule has 1 N–H and O–H groups in total. The summed E-state index contributed by atoms with van der Waals surface area (Å²) < 4.78 is 5.11. The molecule has 2 nitrogen and oxygen atoms in total. The molecule has 0 aliphatic carbocycles. The number of nitrogens with one attached hydrogen (secondary N) is 1. The van der Waals surface area contributed by atoms with Gasteiger partial charge in [0.15, 0.2) is 0 Å². The molecule has 0 heterocycles. The minimum Gasteiger partial charge on any atom is -0.496 e. The van der Waals surface area contributed by atoms with E-state index in [0.717, 1.165) is 5.57 Å². The molecule has 0 amide bonds. The van der Waals surface area contributed by atoms with Crippen LogP contribution in [-0.4, -0.2) is 13.3 Å². The van der Waals surface area contributed by atoms with Crippen molar-refractivity contribution in [2.24, 2.45) is 5.92 Å². The first kappa shape index (κ1) is 11.7. The third-order valence-electron chi connectivity index (χ3n) is 1.47. The molecule has 72 valence electrons. The molecule has 0 aromatic heterocycles. The van der Waals surface area contributed by atoms with E-state index in [0.29, 0.717) is 11.7 Å². The van der Waals surface area contributed by atoms with Gasteiger partial charge in [-0.2, -0.15) is 0 Å². The fraction of sp³-hybridized carbons (Fsp3) is 0.364. The first-order valence-corrected chi connectivity index (χ1v) is 4.25. The van der Waals surface area contributed by atoms with Gasteiger partial charge in [-0.15, -0.1) is 0 Å². The molecule has 0 fully saturated rings. The number of ether oxygens (including phenoxy) is 1. The predicted octanol–water partition coefficient (Wildman–Crippen LogP) is 2.93. The van der Waals surface area contributed by atoms with E-state index < -0.39 is 0 Å². The highest BCUT2D eigenvalue weighted by atomic mass is 16.5. The summed E-state index contributed by atoms with van der Waals surface area (Å²) in [7, 11) is 1.59. The Morgan fingerprint density at radius 2 is 2.08 bits per heavy atom. The summed E-state index contributed by atoms with van der Waals surface area (Å²) in [6.07, 6.45) is 6.59. The summed E-state index contributed by atoms with van der Waals surface area (Å²) in [5.41, 5.74) is 0.931. The Bertz CT molecular complexity index is 236. The number of hydrogen-bond donors (Lipinski definition) is 1. The van der Waals surface area contributed by atoms with Gasteiger partial charge in [0.25, 0.3) is 0 Å². The quantitative estimate of drug-likeness (QED) is 0.393. The van der Waals surface area contributed by atoms with Crippen molar-refractivity contribution in [3.63, 3.8) is 0 Å². The molecular weight excluding hydrogens is 162 g/mol. The van der Waals surface area contributed by atoms with Gasteiger partial charge in [0, 0.05) is 11.8 Å². The average Bonchev–Trinajstić information content (AvgIpc) is 2.10. The minimum atomic E-state index is 0.442. The van der Waals surface area contributed by atoms with Gasteiger partial charge in [-0.05, 0) is 12.0 Å². The third kappa shape index (κ3) is 4.31. The zero-order valence-electron chi connectivity index (χ0n) is 8.50. The fourth-order valence-electron chi connectivity index (χ4n) is 0.968. The van der Waals surface area contributed by atoms with Gasteiger partial charge in [-0.25, -0.2) is 0 Å². The predicted molar refractivity (Wildman–Crippen MR) is 57.0 cm³/mol. The largest absolute Gasteiger partial charge is 0.496 e. The van der Waals surface area contributed by atoms with Crippen LogP contribution >= 0.6 is 0 Å². The monoisotopic (exact) mass is 179 g/mol. The van der Waals surface area contributed by atoms with Crippen LogP contribution < -0.4 is 0 Å². The molecule has 2 heteroatoms. The molecule has 0 unspecified atom stereocenters. The van der Waals surface area contributed by atoms with Crippen LogP contribution in [0.2, 0.25) is 0 Å². The normalized spacial score (nSPS) is 12.9. The molecule has 0 aromatic rings. The van der Waals surface area contributed by atoms with Crippen LogP contribution in [0.15, 0.2) is 36.1 Å². The van der Waals surface area contributed by atoms with Crippen LogP contribution in [0.4, 0.5) is 0 Å². The van der Waals surface area contributed by atoms with Crippen molar-refractivity contribution in [2.45, 2.75) is 13.8 Å². The van der Waals surface area contributed by atoms with Crippen LogP contribution in [0.1, 0.15) is 13.8 Å². The maximum atomic E-state index is 6.94. The Morgan fingerprint density at radius 1 is 1.46 bits per heavy atom. The number of hydrogen-bond acceptors (Lipinski definition) is 2. The first-order chi connectivity index (χ1) is 6.15. The minimum absolute atomic E-state index is 0.442. The van der Waals surface area contributed by atoms with Gasteiger partial charge >= 0.3 is 0 Å². The zero-order chi connectivity index (χ0) is 10.3. The van der Waals surface area contributed by atoms with Crippen LogP contribution in [-0.2, 0) is 4.74 Å². The fourth-order valence-corrected chi connectivity index (χ4v) is 0.968. The van der Waals surface area contributed by atoms with Crippen molar-refractivity contribution in [1.29, 1.82) is 5.41 Å². The van der Waals surface area contributed by atoms with E-state index >= 15 is 0 Å². The molecule has 0 spiro atoms. The molecule has 0 bridgehead atoms. The van der Waals surface area contributed by atoms with Crippen molar-refractivity contribution in [3.05, 3.63) is 36.1 Å². The summed E-state index contributed by atoms with van der Waals surface area (Å²) in [6, 6.07) is 0. The van der Waals surface area contributed by atoms with Gasteiger partial charge in [-0.3, -0.25) is 0 Å². The van der Waals surface area contributed by atoms with Crippen molar-refractivity contribution in [3.8, 4) is 0 Å². The molecule has 0 aliphatic heterocycles. The summed E-state index contributed by atoms with van der Waals surface area (Å²) in [5, 5.41) is 6.94. The Labute approximate surface area is 80.1 Å². The van der Waals surface area contributed by atoms with Crippen molar-refractivity contribution >= 4 is 6.21 Å². The van der Waals surface area contributed by atoms with Gasteiger partial charge in [0.2, 0.25) is 0 Å². The molecular formula is C11H17NO. The maximum Gasteiger partial charge on any atom is 0.127 e. The van der Waals surface area contributed by atoms with E-state index in [1.54, 1.807) is 19.3 Å². The van der Waals surface area contributed by atoms with Crippen molar-refractivity contribution in [1.82, 2.24) is 0 Å². The molecule has 0 rings (SSSR count). The maximum absolute atomic E-state index is 6.94. The van der Waals surface area contributed by atoms with Crippen LogP contribution in [0.5, 0.6) is 0 Å². The van der Waals surface area contributed by atoms with E-state index in [4.69, 9.17) is 10.1 Å². The molecule has 0 aromatic carbocycles. The second kappa shape index (κ2) is 6.23. The summed E-state index contributed by atoms with van der Waals surface area (Å²) in [6.45, 7) is 7.87. The van der Waals surface area contributed by atoms with Crippen LogP contribution in [0.3, 0.4) is 0 Å². The summed E-state index contributed by atoms with van der Waals surface area (Å²) in [5.74, 6) is 1.12. The summed E-state index contributed by atoms with van der Waals surface area (Å²) in [4.78, 5) is 0. The van der Waals surface area contributed by atoms with E-state index in [1.165, 1.54) is 6.21 Å². The van der Waals surface area contributed by atoms with Gasteiger partial charge < -0.3 is 10.1 Å². The lowest BCUT2D eigenvalue weighted by Crippen LogP contribution is -1.93. The van der Waals surface area contributed by atoms with Gasteiger partial charge in [-0.1, -0.05) is 32.6 Å². The Morgan fingerprint density at radius 3 is 2.38 bits per heavy atom. The number of rotatable bonds is 5. The van der Waals surface area contributed by atoms with E-state index in [-0.39, 0.29) is 0 Å². The molecule has 0 atom stereocenters. The van der Waals surface area contributed by atoms with E-state index in [1.807, 2.05) is 6.08 Å². The lowest BCUT2D eigenvalue weighted by Gasteiger charge is -2.07. The van der Waals surface area contributed by atoms with Crippen LogP contribution in [0, 0.1) is 11.3 Å². The average molecular weight is 179 g/mol. The number of methoxy groups -OCH3 is 1. The highest BCUT2D eigenvalue weighted by Gasteiger charge is 2.00. The molecule has 0 saturated heterocycles. The topological polar surface area (TPSA) is 33.1 Å². The second-order valence-electron chi connectivity index (χ2n) is 2.97. The van der Waals surface area contributed by atoms with Crippen molar-refractivity contribution in [2.75, 3.05) is 7.11 Å². The second-order valence-corrected chi connectivity index (χ2v) is 2.97. The third-order valence-corrected chi connectivity index (χ3v) is 1.47. The Hall–Kier alpha value is -1.31. The molecule has 13 heavy (non-hydrogen) atoms. The highest BCUT2D eigenvalue weighted by Crippen LogP contribution is 2.13. The van der Waals surface area contributed by atoms with E-state index in [2.05, 4.69) is 20.4 Å². The highest BCUT2D eigenvalue weighted by molar-refractivity contribution is 5.70. The lowest BCUT2D eigenvalue weighted by molar-refractivity contribution is 0.303. The standard InChI is InChI=1S/C11H17NO/c1-5-10(8-9(2)3)11(13-4)6-7-12/h5-9,12H,1H2,2-4H3/b10-8-,11-6+,12-7?. The zero-order valence-corrected chi connectivity index (χ0v) is 8.50. The Kier molecular flexibility index (Phi) is 5.60. The van der Waals surface area contributed by atoms with Gasteiger partial charge in [0.1, 0.15) is 5.76 Å². The summed E-state index contributed by atoms with van der Waals surface area (Å²) >= 11 is 0. The van der Waals surface area contributed by atoms with Crippen molar-refractivity contribution < 1.29 is 4.74 Å². The molecule has 0 saturated carbocycles. The Balaban J connectivity index is 4.83. The first-order valence-electron chi connectivity index (χ1n) is 4.25. The van der Waals surface area contributed by atoms with Gasteiger partial charge in [0.05, 0.1) is 7.11 Å². The van der Waals surface area contributed by atoms with Crippen LogP contribution in [0.25, 0.3) is 0 Å². The molecule has 0 aliphatic rings. The lowest BCUT2D eigenvalue weighted by atomic mass is 10.1. The SMILES string of the molecule is C=CC(=C/C(C)C)/C(=C\C=N)OC. The smallest absolute Gasteiger partial charge is 0.127 e. The van der Waals surface area contributed by atoms with E-state index in [9.17, 15) is 0 Å². The molecule has 0 radical (unpaired) electrons.